The van der Waals surface area contributed by atoms with Crippen molar-refractivity contribution in [2.24, 2.45) is 0 Å². The minimum absolute atomic E-state index is 1.03. The Morgan fingerprint density at radius 1 is 0.609 bits per heavy atom. The Balaban J connectivity index is 2.27. The molecule has 1 heteroatoms. The third-order valence-corrected chi connectivity index (χ3v) is 9.52. The van der Waals surface area contributed by atoms with E-state index in [1.54, 1.807) is 0 Å². The number of rotatable bonds is 6. The van der Waals surface area contributed by atoms with Gasteiger partial charge in [-0.3, -0.25) is 0 Å². The van der Waals surface area contributed by atoms with Crippen LogP contribution in [0.25, 0.3) is 0 Å². The zero-order valence-corrected chi connectivity index (χ0v) is 14.4. The van der Waals surface area contributed by atoms with Crippen LogP contribution in [0.5, 0.6) is 0 Å². The molecule has 0 nitrogen and oxygen atoms in total. The van der Waals surface area contributed by atoms with Crippen LogP contribution in [-0.2, 0) is 0 Å². The van der Waals surface area contributed by atoms with Gasteiger partial charge < -0.3 is 0 Å². The van der Waals surface area contributed by atoms with Crippen LogP contribution in [-0.4, -0.2) is 6.16 Å². The first kappa shape index (κ1) is 15.7. The molecular formula is C22H23P. The first-order valence-corrected chi connectivity index (χ1v) is 10.4. The van der Waals surface area contributed by atoms with Gasteiger partial charge in [-0.2, -0.15) is 0 Å². The van der Waals surface area contributed by atoms with Crippen LogP contribution in [0.3, 0.4) is 0 Å². The van der Waals surface area contributed by atoms with Crippen molar-refractivity contribution >= 4 is 23.2 Å². The fourth-order valence-corrected chi connectivity index (χ4v) is 8.21. The normalized spacial score (nSPS) is 11.8. The van der Waals surface area contributed by atoms with Crippen molar-refractivity contribution in [1.82, 2.24) is 0 Å². The van der Waals surface area contributed by atoms with Gasteiger partial charge in [-0.1, -0.05) is 0 Å². The molecule has 0 aliphatic carbocycles. The SMILES string of the molecule is C=CCC[PH](c1ccccc1)(c1ccccc1)c1ccccc1. The molecule has 0 aromatic heterocycles. The summed E-state index contributed by atoms with van der Waals surface area (Å²) in [7, 11) is -2.02. The average molecular weight is 318 g/mol. The molecule has 0 saturated heterocycles. The van der Waals surface area contributed by atoms with Gasteiger partial charge in [0.05, 0.1) is 0 Å². The molecule has 23 heavy (non-hydrogen) atoms. The Morgan fingerprint density at radius 2 is 0.957 bits per heavy atom. The van der Waals surface area contributed by atoms with Crippen molar-refractivity contribution in [2.75, 3.05) is 6.16 Å². The molecule has 0 unspecified atom stereocenters. The summed E-state index contributed by atoms with van der Waals surface area (Å²) >= 11 is 0. The molecule has 3 aromatic carbocycles. The van der Waals surface area contributed by atoms with Gasteiger partial charge in [-0.25, -0.2) is 0 Å². The molecule has 0 heterocycles. The van der Waals surface area contributed by atoms with Gasteiger partial charge in [-0.05, 0) is 0 Å². The quantitative estimate of drug-likeness (QED) is 0.470. The van der Waals surface area contributed by atoms with Gasteiger partial charge in [0, 0.05) is 0 Å². The van der Waals surface area contributed by atoms with E-state index < -0.39 is 7.26 Å². The van der Waals surface area contributed by atoms with Crippen LogP contribution in [0.4, 0.5) is 0 Å². The molecule has 0 N–H and O–H groups in total. The number of hydrogen-bond acceptors (Lipinski definition) is 0. The molecule has 0 radical (unpaired) electrons. The summed E-state index contributed by atoms with van der Waals surface area (Å²) in [4.78, 5) is 0. The molecule has 0 bridgehead atoms. The second-order valence-electron chi connectivity index (χ2n) is 5.83. The molecule has 3 rings (SSSR count). The third-order valence-electron chi connectivity index (χ3n) is 4.52. The van der Waals surface area contributed by atoms with Crippen molar-refractivity contribution in [3.8, 4) is 0 Å². The van der Waals surface area contributed by atoms with Gasteiger partial charge in [0.15, 0.2) is 0 Å². The summed E-state index contributed by atoms with van der Waals surface area (Å²) in [5, 5.41) is 4.41. The third kappa shape index (κ3) is 3.14. The summed E-state index contributed by atoms with van der Waals surface area (Å²) in [5.74, 6) is 0. The summed E-state index contributed by atoms with van der Waals surface area (Å²) in [6.45, 7) is 3.97. The number of benzene rings is 3. The van der Waals surface area contributed by atoms with E-state index >= 15 is 0 Å². The van der Waals surface area contributed by atoms with Gasteiger partial charge >= 0.3 is 139 Å². The molecule has 0 spiro atoms. The Morgan fingerprint density at radius 3 is 1.26 bits per heavy atom. The van der Waals surface area contributed by atoms with E-state index in [1.165, 1.54) is 15.9 Å². The Hall–Kier alpha value is -2.17. The van der Waals surface area contributed by atoms with Crippen LogP contribution in [0.1, 0.15) is 6.42 Å². The van der Waals surface area contributed by atoms with Crippen LogP contribution in [0, 0.1) is 0 Å². The molecule has 0 aliphatic rings. The predicted octanol–water partition coefficient (Wildman–Crippen LogP) is 4.29. The molecule has 0 amide bonds. The van der Waals surface area contributed by atoms with Crippen LogP contribution in [0.15, 0.2) is 104 Å². The monoisotopic (exact) mass is 318 g/mol. The van der Waals surface area contributed by atoms with E-state index in [9.17, 15) is 0 Å². The second kappa shape index (κ2) is 7.40. The Bertz CT molecular complexity index is 636. The molecule has 0 saturated carbocycles. The van der Waals surface area contributed by atoms with Crippen molar-refractivity contribution < 1.29 is 0 Å². The first-order valence-electron chi connectivity index (χ1n) is 8.15. The minimum atomic E-state index is -2.02. The molecule has 0 aliphatic heterocycles. The fraction of sp³-hybridized carbons (Fsp3) is 0.0909. The first-order chi connectivity index (χ1) is 11.4. The Labute approximate surface area is 139 Å². The zero-order chi connectivity index (χ0) is 16.0. The fourth-order valence-electron chi connectivity index (χ4n) is 3.42. The van der Waals surface area contributed by atoms with E-state index in [0.29, 0.717) is 0 Å². The topological polar surface area (TPSA) is 0 Å². The van der Waals surface area contributed by atoms with E-state index in [-0.39, 0.29) is 0 Å². The van der Waals surface area contributed by atoms with Crippen molar-refractivity contribution in [2.45, 2.75) is 6.42 Å². The molecular weight excluding hydrogens is 295 g/mol. The van der Waals surface area contributed by atoms with Crippen LogP contribution >= 0.6 is 7.26 Å². The van der Waals surface area contributed by atoms with E-state index in [0.717, 1.165) is 12.6 Å². The van der Waals surface area contributed by atoms with E-state index in [2.05, 4.69) is 104 Å². The van der Waals surface area contributed by atoms with Crippen LogP contribution < -0.4 is 15.9 Å². The molecule has 0 fully saturated rings. The van der Waals surface area contributed by atoms with E-state index in [1.807, 2.05) is 0 Å². The van der Waals surface area contributed by atoms with Crippen molar-refractivity contribution in [3.05, 3.63) is 104 Å². The van der Waals surface area contributed by atoms with E-state index in [4.69, 9.17) is 0 Å². The summed E-state index contributed by atoms with van der Waals surface area (Å²) in [6.07, 6.45) is 4.23. The molecule has 0 atom stereocenters. The second-order valence-corrected chi connectivity index (χ2v) is 9.87. The van der Waals surface area contributed by atoms with Gasteiger partial charge in [0.1, 0.15) is 0 Å². The summed E-state index contributed by atoms with van der Waals surface area (Å²) in [5.41, 5.74) is 0. The maximum atomic E-state index is 3.97. The Kier molecular flexibility index (Phi) is 5.05. The maximum absolute atomic E-state index is 3.97. The predicted molar refractivity (Wildman–Crippen MR) is 106 cm³/mol. The molecule has 116 valence electrons. The standard InChI is InChI=1S/C22H23P/c1-2-3-19-23(20-13-7-4-8-14-20,21-15-9-5-10-16-21)22-17-11-6-12-18-22/h2,4-18,23H,1,3,19H2. The summed E-state index contributed by atoms with van der Waals surface area (Å²) < 4.78 is 0. The van der Waals surface area contributed by atoms with Crippen molar-refractivity contribution in [3.63, 3.8) is 0 Å². The number of allylic oxidation sites excluding steroid dienone is 1. The molecule has 3 aromatic rings. The van der Waals surface area contributed by atoms with Gasteiger partial charge in [0.2, 0.25) is 0 Å². The zero-order valence-electron chi connectivity index (χ0n) is 13.4. The number of hydrogen-bond donors (Lipinski definition) is 0. The van der Waals surface area contributed by atoms with Crippen LogP contribution in [0.2, 0.25) is 0 Å². The van der Waals surface area contributed by atoms with Gasteiger partial charge in [0.25, 0.3) is 0 Å². The summed E-state index contributed by atoms with van der Waals surface area (Å²) in [6, 6.07) is 33.1. The van der Waals surface area contributed by atoms with Crippen molar-refractivity contribution in [1.29, 1.82) is 0 Å². The van der Waals surface area contributed by atoms with Gasteiger partial charge in [-0.15, -0.1) is 0 Å². The average Bonchev–Trinajstić information content (AvgIpc) is 2.65.